The van der Waals surface area contributed by atoms with E-state index in [9.17, 15) is 14.4 Å². The van der Waals surface area contributed by atoms with E-state index >= 15 is 0 Å². The van der Waals surface area contributed by atoms with Crippen LogP contribution in [0.4, 0.5) is 5.69 Å². The molecule has 1 fully saturated rings. The molecule has 9 heteroatoms. The van der Waals surface area contributed by atoms with E-state index in [1.165, 1.54) is 11.8 Å². The maximum atomic E-state index is 12.4. The highest BCUT2D eigenvalue weighted by Gasteiger charge is 2.33. The predicted molar refractivity (Wildman–Crippen MR) is 120 cm³/mol. The number of nitrogens with one attached hydrogen (secondary N) is 2. The Bertz CT molecular complexity index is 988. The van der Waals surface area contributed by atoms with Gasteiger partial charge in [-0.3, -0.25) is 19.4 Å². The van der Waals surface area contributed by atoms with E-state index in [1.54, 1.807) is 30.5 Å². The largest absolute Gasteiger partial charge is 0.351 e. The molecule has 4 rings (SSSR count). The first-order valence-corrected chi connectivity index (χ1v) is 11.1. The molecule has 0 spiro atoms. The molecule has 2 aliphatic rings. The van der Waals surface area contributed by atoms with Gasteiger partial charge in [0.1, 0.15) is 5.25 Å². The van der Waals surface area contributed by atoms with Gasteiger partial charge in [-0.1, -0.05) is 17.8 Å². The third-order valence-electron chi connectivity index (χ3n) is 5.06. The Balaban J connectivity index is 1.25. The van der Waals surface area contributed by atoms with Crippen molar-refractivity contribution >= 4 is 40.3 Å². The Morgan fingerprint density at radius 1 is 1.10 bits per heavy atom. The number of nitrogens with zero attached hydrogens (tertiary/aromatic N) is 3. The van der Waals surface area contributed by atoms with Gasteiger partial charge < -0.3 is 15.5 Å². The van der Waals surface area contributed by atoms with Crippen molar-refractivity contribution in [2.75, 3.05) is 18.4 Å². The molecule has 0 aliphatic carbocycles. The third kappa shape index (κ3) is 5.49. The van der Waals surface area contributed by atoms with Crippen LogP contribution in [0.3, 0.4) is 0 Å². The van der Waals surface area contributed by atoms with Crippen molar-refractivity contribution < 1.29 is 14.4 Å². The molecule has 31 heavy (non-hydrogen) atoms. The number of anilines is 1. The van der Waals surface area contributed by atoms with Crippen molar-refractivity contribution in [3.8, 4) is 0 Å². The first-order valence-electron chi connectivity index (χ1n) is 10.2. The van der Waals surface area contributed by atoms with Gasteiger partial charge in [0.25, 0.3) is 11.8 Å². The number of carbonyl (C=O) groups excluding carboxylic acids is 3. The molecule has 2 aromatic rings. The fourth-order valence-corrected chi connectivity index (χ4v) is 4.53. The number of amides is 3. The lowest BCUT2D eigenvalue weighted by Crippen LogP contribution is -2.25. The lowest BCUT2D eigenvalue weighted by Gasteiger charge is -2.16. The fraction of sp³-hybridized carbons (Fsp3) is 0.318. The molecule has 1 atom stereocenters. The minimum atomic E-state index is -0.479. The van der Waals surface area contributed by atoms with Crippen LogP contribution >= 0.6 is 11.8 Å². The minimum Gasteiger partial charge on any atom is -0.351 e. The summed E-state index contributed by atoms with van der Waals surface area (Å²) in [6, 6.07) is 12.2. The summed E-state index contributed by atoms with van der Waals surface area (Å²) in [4.78, 5) is 47.2. The van der Waals surface area contributed by atoms with Crippen LogP contribution in [-0.4, -0.2) is 51.1 Å². The van der Waals surface area contributed by atoms with Crippen LogP contribution in [0.1, 0.15) is 35.3 Å². The summed E-state index contributed by atoms with van der Waals surface area (Å²) in [5, 5.41) is 5.86. The minimum absolute atomic E-state index is 0.0661. The number of thioether (sulfide) groups is 1. The van der Waals surface area contributed by atoms with Crippen LogP contribution < -0.4 is 10.6 Å². The molecular formula is C22H23N5O3S. The molecule has 0 saturated carbocycles. The van der Waals surface area contributed by atoms with Gasteiger partial charge in [0.05, 0.1) is 12.2 Å². The summed E-state index contributed by atoms with van der Waals surface area (Å²) >= 11 is 1.37. The summed E-state index contributed by atoms with van der Waals surface area (Å²) in [6.07, 6.45) is 3.96. The summed E-state index contributed by atoms with van der Waals surface area (Å²) in [5.41, 5.74) is 1.83. The van der Waals surface area contributed by atoms with Crippen LogP contribution in [0.15, 0.2) is 53.7 Å². The monoisotopic (exact) mass is 437 g/mol. The van der Waals surface area contributed by atoms with Gasteiger partial charge in [0, 0.05) is 37.0 Å². The molecule has 160 valence electrons. The number of aromatic nitrogens is 1. The van der Waals surface area contributed by atoms with Crippen molar-refractivity contribution in [3.05, 3.63) is 59.9 Å². The molecule has 8 nitrogen and oxygen atoms in total. The number of rotatable bonds is 6. The molecular weight excluding hydrogens is 414 g/mol. The fourth-order valence-electron chi connectivity index (χ4n) is 3.41. The topological polar surface area (TPSA) is 104 Å². The van der Waals surface area contributed by atoms with Crippen molar-refractivity contribution in [1.29, 1.82) is 0 Å². The lowest BCUT2D eigenvalue weighted by molar-refractivity contribution is -0.121. The van der Waals surface area contributed by atoms with E-state index in [0.29, 0.717) is 17.8 Å². The molecule has 2 aliphatic heterocycles. The van der Waals surface area contributed by atoms with Gasteiger partial charge in [-0.05, 0) is 49.2 Å². The second-order valence-corrected chi connectivity index (χ2v) is 8.54. The van der Waals surface area contributed by atoms with E-state index in [2.05, 4.69) is 25.5 Å². The average molecular weight is 438 g/mol. The van der Waals surface area contributed by atoms with Crippen LogP contribution in [0.25, 0.3) is 0 Å². The van der Waals surface area contributed by atoms with Crippen molar-refractivity contribution in [2.24, 2.45) is 4.99 Å². The van der Waals surface area contributed by atoms with E-state index in [4.69, 9.17) is 0 Å². The van der Waals surface area contributed by atoms with Gasteiger partial charge >= 0.3 is 0 Å². The SMILES string of the molecule is O=C(C[C@@H]1SC(N2CCCC2)=NC1=O)Nc1ccc(C(=O)NCc2ccccn2)cc1. The van der Waals surface area contributed by atoms with Gasteiger partial charge in [0.2, 0.25) is 5.91 Å². The Hall–Kier alpha value is -3.20. The number of pyridine rings is 1. The zero-order valence-corrected chi connectivity index (χ0v) is 17.7. The second-order valence-electron chi connectivity index (χ2n) is 7.37. The maximum absolute atomic E-state index is 12.4. The van der Waals surface area contributed by atoms with E-state index < -0.39 is 5.25 Å². The molecule has 1 aromatic carbocycles. The summed E-state index contributed by atoms with van der Waals surface area (Å²) < 4.78 is 0. The molecule has 0 bridgehead atoms. The molecule has 1 aromatic heterocycles. The number of carbonyl (C=O) groups is 3. The van der Waals surface area contributed by atoms with Gasteiger partial charge in [0.15, 0.2) is 5.17 Å². The zero-order chi connectivity index (χ0) is 21.6. The Labute approximate surface area is 184 Å². The van der Waals surface area contributed by atoms with Crippen molar-refractivity contribution in [1.82, 2.24) is 15.2 Å². The lowest BCUT2D eigenvalue weighted by atomic mass is 10.2. The zero-order valence-electron chi connectivity index (χ0n) is 16.9. The molecule has 1 saturated heterocycles. The van der Waals surface area contributed by atoms with Crippen molar-refractivity contribution in [3.63, 3.8) is 0 Å². The first-order chi connectivity index (χ1) is 15.1. The van der Waals surface area contributed by atoms with Gasteiger partial charge in [-0.15, -0.1) is 0 Å². The van der Waals surface area contributed by atoms with E-state index in [0.717, 1.165) is 36.8 Å². The highest BCUT2D eigenvalue weighted by Crippen LogP contribution is 2.29. The van der Waals surface area contributed by atoms with Crippen LogP contribution in [0.2, 0.25) is 0 Å². The Kier molecular flexibility index (Phi) is 6.61. The number of likely N-dealkylation sites (tertiary alicyclic amines) is 1. The van der Waals surface area contributed by atoms with Crippen LogP contribution in [0, 0.1) is 0 Å². The molecule has 3 heterocycles. The number of amidine groups is 1. The average Bonchev–Trinajstić information content (AvgIpc) is 3.44. The molecule has 2 N–H and O–H groups in total. The predicted octanol–water partition coefficient (Wildman–Crippen LogP) is 2.43. The highest BCUT2D eigenvalue weighted by atomic mass is 32.2. The number of benzene rings is 1. The standard InChI is InChI=1S/C22H23N5O3S/c28-19(13-18-21(30)26-22(31-18)27-11-3-4-12-27)25-16-8-6-15(7-9-16)20(29)24-14-17-5-1-2-10-23-17/h1-2,5-10,18H,3-4,11-14H2,(H,24,29)(H,25,28)/t18-/m0/s1. The summed E-state index contributed by atoms with van der Waals surface area (Å²) in [5.74, 6) is -0.721. The van der Waals surface area contributed by atoms with Gasteiger partial charge in [-0.25, -0.2) is 0 Å². The van der Waals surface area contributed by atoms with Crippen molar-refractivity contribution in [2.45, 2.75) is 31.1 Å². The smallest absolute Gasteiger partial charge is 0.262 e. The quantitative estimate of drug-likeness (QED) is 0.719. The molecule has 0 radical (unpaired) electrons. The third-order valence-corrected chi connectivity index (χ3v) is 6.28. The Morgan fingerprint density at radius 2 is 1.87 bits per heavy atom. The number of aliphatic imine (C=N–C) groups is 1. The van der Waals surface area contributed by atoms with Gasteiger partial charge in [-0.2, -0.15) is 4.99 Å². The normalized spacial score (nSPS) is 18.1. The van der Waals surface area contributed by atoms with Crippen LogP contribution in [0.5, 0.6) is 0 Å². The number of hydrogen-bond donors (Lipinski definition) is 2. The summed E-state index contributed by atoms with van der Waals surface area (Å²) in [6.45, 7) is 2.17. The van der Waals surface area contributed by atoms with Crippen LogP contribution in [-0.2, 0) is 16.1 Å². The Morgan fingerprint density at radius 3 is 2.58 bits per heavy atom. The molecule has 3 amide bonds. The summed E-state index contributed by atoms with van der Waals surface area (Å²) in [7, 11) is 0. The number of hydrogen-bond acceptors (Lipinski definition) is 6. The van der Waals surface area contributed by atoms with E-state index in [1.807, 2.05) is 18.2 Å². The van der Waals surface area contributed by atoms with E-state index in [-0.39, 0.29) is 24.1 Å². The maximum Gasteiger partial charge on any atom is 0.262 e. The second kappa shape index (κ2) is 9.74. The first kappa shape index (κ1) is 21.0. The highest BCUT2D eigenvalue weighted by molar-refractivity contribution is 8.15. The molecule has 0 unspecified atom stereocenters.